The standard InChI is InChI=1S/C13H19N5OS.ClH/c1-20-6-9-4-18(5-10(9)19)3-8-2-15-12-11(8)16-7-17-13(12)14;/h2,7,9-10,15,19H,3-6H2,1H3,(H2,14,16,17);1H/t9-,10+;/m1./s1/i3+2;. The highest BCUT2D eigenvalue weighted by Gasteiger charge is 2.31. The van der Waals surface area contributed by atoms with Crippen LogP contribution in [0.1, 0.15) is 5.56 Å². The largest absolute Gasteiger partial charge is 0.391 e. The van der Waals surface area contributed by atoms with Crippen molar-refractivity contribution in [2.24, 2.45) is 5.92 Å². The first-order chi connectivity index (χ1) is 9.69. The van der Waals surface area contributed by atoms with Gasteiger partial charge in [-0.3, -0.25) is 4.90 Å². The second kappa shape index (κ2) is 6.83. The van der Waals surface area contributed by atoms with Gasteiger partial charge in [0, 0.05) is 37.3 Å². The molecule has 2 atom stereocenters. The van der Waals surface area contributed by atoms with Crippen LogP contribution in [-0.4, -0.2) is 56.2 Å². The summed E-state index contributed by atoms with van der Waals surface area (Å²) in [6.07, 6.45) is 5.27. The Morgan fingerprint density at radius 3 is 3.10 bits per heavy atom. The van der Waals surface area contributed by atoms with Crippen LogP contribution in [0, 0.1) is 5.92 Å². The summed E-state index contributed by atoms with van der Waals surface area (Å²) < 4.78 is 0. The number of nitrogen functional groups attached to an aromatic ring is 1. The van der Waals surface area contributed by atoms with Gasteiger partial charge in [0.2, 0.25) is 0 Å². The minimum atomic E-state index is -0.229. The molecule has 1 aliphatic rings. The molecular weight excluding hydrogens is 312 g/mol. The summed E-state index contributed by atoms with van der Waals surface area (Å²) in [5.74, 6) is 1.83. The molecule has 3 heterocycles. The number of aliphatic hydroxyl groups is 1. The normalized spacial score (nSPS) is 22.6. The van der Waals surface area contributed by atoms with Crippen LogP contribution in [0.2, 0.25) is 0 Å². The fraction of sp³-hybridized carbons (Fsp3) is 0.538. The van der Waals surface area contributed by atoms with Crippen LogP contribution >= 0.6 is 24.2 Å². The van der Waals surface area contributed by atoms with E-state index in [1.165, 1.54) is 6.33 Å². The summed E-state index contributed by atoms with van der Waals surface area (Å²) >= 11 is 1.79. The van der Waals surface area contributed by atoms with Crippen LogP contribution in [-0.2, 0) is 6.54 Å². The Labute approximate surface area is 133 Å². The zero-order chi connectivity index (χ0) is 14.1. The van der Waals surface area contributed by atoms with Crippen LogP contribution in [0.4, 0.5) is 5.82 Å². The van der Waals surface area contributed by atoms with Gasteiger partial charge >= 0.3 is 0 Å². The number of hydrogen-bond donors (Lipinski definition) is 3. The number of likely N-dealkylation sites (tertiary alicyclic amines) is 1. The molecule has 1 fully saturated rings. The molecule has 6 nitrogen and oxygen atoms in total. The topological polar surface area (TPSA) is 91.1 Å². The highest BCUT2D eigenvalue weighted by molar-refractivity contribution is 7.98. The maximum atomic E-state index is 10.1. The van der Waals surface area contributed by atoms with Crippen molar-refractivity contribution in [3.8, 4) is 0 Å². The van der Waals surface area contributed by atoms with Crippen molar-refractivity contribution in [1.82, 2.24) is 19.9 Å². The highest BCUT2D eigenvalue weighted by atomic mass is 35.5. The van der Waals surface area contributed by atoms with Gasteiger partial charge in [0.15, 0.2) is 5.82 Å². The Bertz CT molecular complexity index is 607. The number of thioether (sulfide) groups is 1. The van der Waals surface area contributed by atoms with E-state index in [9.17, 15) is 5.11 Å². The number of anilines is 1. The fourth-order valence-corrected chi connectivity index (χ4v) is 3.58. The maximum Gasteiger partial charge on any atom is 0.151 e. The van der Waals surface area contributed by atoms with Crippen molar-refractivity contribution in [2.75, 3.05) is 30.8 Å². The van der Waals surface area contributed by atoms with E-state index in [0.717, 1.165) is 42.0 Å². The molecule has 0 aliphatic carbocycles. The average molecular weight is 332 g/mol. The number of aromatic amines is 1. The zero-order valence-electron chi connectivity index (χ0n) is 11.8. The van der Waals surface area contributed by atoms with E-state index in [2.05, 4.69) is 26.1 Å². The second-order valence-corrected chi connectivity index (χ2v) is 6.18. The van der Waals surface area contributed by atoms with Crippen molar-refractivity contribution >= 4 is 41.0 Å². The third kappa shape index (κ3) is 3.26. The molecule has 1 saturated heterocycles. The van der Waals surface area contributed by atoms with E-state index < -0.39 is 0 Å². The van der Waals surface area contributed by atoms with Crippen LogP contribution in [0.15, 0.2) is 12.5 Å². The van der Waals surface area contributed by atoms with E-state index in [1.807, 2.05) is 6.20 Å². The third-order valence-electron chi connectivity index (χ3n) is 3.83. The molecule has 0 bridgehead atoms. The van der Waals surface area contributed by atoms with Crippen molar-refractivity contribution in [1.29, 1.82) is 0 Å². The van der Waals surface area contributed by atoms with E-state index in [0.29, 0.717) is 11.7 Å². The van der Waals surface area contributed by atoms with Gasteiger partial charge in [0.25, 0.3) is 0 Å². The monoisotopic (exact) mass is 331 g/mol. The molecule has 0 amide bonds. The van der Waals surface area contributed by atoms with Crippen molar-refractivity contribution in [2.45, 2.75) is 12.6 Å². The van der Waals surface area contributed by atoms with Gasteiger partial charge in [-0.05, 0) is 12.0 Å². The van der Waals surface area contributed by atoms with Crippen LogP contribution in [0.5, 0.6) is 0 Å². The summed E-state index contributed by atoms with van der Waals surface area (Å²) in [5.41, 5.74) is 8.60. The van der Waals surface area contributed by atoms with Crippen LogP contribution in [0.25, 0.3) is 11.0 Å². The SMILES string of the molecule is CSC[C@H]1CN([14CH2]c2c[nH]c3c(N)ncnc23)C[C@@H]1O.Cl. The molecule has 0 spiro atoms. The first-order valence-electron chi connectivity index (χ1n) is 6.65. The summed E-state index contributed by atoms with van der Waals surface area (Å²) in [6, 6.07) is 0. The van der Waals surface area contributed by atoms with Gasteiger partial charge in [-0.1, -0.05) is 0 Å². The number of nitrogens with one attached hydrogen (secondary N) is 1. The molecule has 116 valence electrons. The Balaban J connectivity index is 0.00000161. The smallest absolute Gasteiger partial charge is 0.151 e. The average Bonchev–Trinajstić information content (AvgIpc) is 2.97. The molecule has 0 aromatic carbocycles. The quantitative estimate of drug-likeness (QED) is 0.777. The fourth-order valence-electron chi connectivity index (χ4n) is 2.82. The molecule has 0 unspecified atom stereocenters. The minimum Gasteiger partial charge on any atom is -0.391 e. The third-order valence-corrected chi connectivity index (χ3v) is 4.59. The molecule has 3 rings (SSSR count). The van der Waals surface area contributed by atoms with Gasteiger partial charge < -0.3 is 15.8 Å². The number of H-pyrrole nitrogens is 1. The number of fused-ring (bicyclic) bond motifs is 1. The van der Waals surface area contributed by atoms with Crippen molar-refractivity contribution in [3.05, 3.63) is 18.1 Å². The first-order valence-corrected chi connectivity index (χ1v) is 8.04. The number of aliphatic hydroxyl groups excluding tert-OH is 1. The molecule has 1 aliphatic heterocycles. The van der Waals surface area contributed by atoms with Gasteiger partial charge in [-0.15, -0.1) is 12.4 Å². The van der Waals surface area contributed by atoms with Crippen molar-refractivity contribution < 1.29 is 5.11 Å². The van der Waals surface area contributed by atoms with E-state index in [-0.39, 0.29) is 18.5 Å². The number of aromatic nitrogens is 3. The summed E-state index contributed by atoms with van der Waals surface area (Å²) in [6.45, 7) is 2.42. The highest BCUT2D eigenvalue weighted by Crippen LogP contribution is 2.25. The van der Waals surface area contributed by atoms with Crippen molar-refractivity contribution in [3.63, 3.8) is 0 Å². The van der Waals surface area contributed by atoms with Crippen LogP contribution in [0.3, 0.4) is 0 Å². The second-order valence-electron chi connectivity index (χ2n) is 5.27. The number of hydrogen-bond acceptors (Lipinski definition) is 6. The summed E-state index contributed by atoms with van der Waals surface area (Å²) in [4.78, 5) is 13.7. The zero-order valence-corrected chi connectivity index (χ0v) is 13.5. The molecule has 0 saturated carbocycles. The number of nitrogens with zero attached hydrogens (tertiary/aromatic N) is 3. The van der Waals surface area contributed by atoms with E-state index in [1.54, 1.807) is 11.8 Å². The Morgan fingerprint density at radius 2 is 2.33 bits per heavy atom. The molecule has 8 heteroatoms. The first kappa shape index (κ1) is 16.4. The molecule has 4 N–H and O–H groups in total. The predicted octanol–water partition coefficient (Wildman–Crippen LogP) is 1.12. The number of rotatable bonds is 4. The van der Waals surface area contributed by atoms with Gasteiger partial charge in [-0.2, -0.15) is 11.8 Å². The number of halogens is 1. The van der Waals surface area contributed by atoms with Gasteiger partial charge in [0.1, 0.15) is 11.8 Å². The lowest BCUT2D eigenvalue weighted by Gasteiger charge is -2.14. The van der Waals surface area contributed by atoms with E-state index >= 15 is 0 Å². The Hall–Kier alpha value is -1.02. The Kier molecular flexibility index (Phi) is 5.32. The molecule has 2 aromatic rings. The minimum absolute atomic E-state index is 0. The predicted molar refractivity (Wildman–Crippen MR) is 88.7 cm³/mol. The van der Waals surface area contributed by atoms with Gasteiger partial charge in [-0.25, -0.2) is 9.97 Å². The number of nitrogens with two attached hydrogens (primary N) is 1. The van der Waals surface area contributed by atoms with E-state index in [4.69, 9.17) is 5.73 Å². The summed E-state index contributed by atoms with van der Waals surface area (Å²) in [5, 5.41) is 10.1. The number of β-amino-alcohol motifs (C(OH)–C–C–N with tert-alkyl or cyclic N) is 1. The maximum absolute atomic E-state index is 10.1. The molecule has 2 aromatic heterocycles. The summed E-state index contributed by atoms with van der Waals surface area (Å²) in [7, 11) is 0. The molecular formula is C13H20ClN5OS. The van der Waals surface area contributed by atoms with Gasteiger partial charge in [0.05, 0.1) is 11.6 Å². The lowest BCUT2D eigenvalue weighted by Crippen LogP contribution is -2.21. The lowest BCUT2D eigenvalue weighted by atomic mass is 10.1. The van der Waals surface area contributed by atoms with Crippen LogP contribution < -0.4 is 5.73 Å². The Morgan fingerprint density at radius 1 is 1.52 bits per heavy atom. The lowest BCUT2D eigenvalue weighted by molar-refractivity contribution is 0.149. The molecule has 21 heavy (non-hydrogen) atoms. The molecule has 0 radical (unpaired) electrons.